The second-order valence-electron chi connectivity index (χ2n) is 6.67. The molecule has 0 heterocycles. The van der Waals surface area contributed by atoms with Crippen LogP contribution in [0.25, 0.3) is 0 Å². The largest absolute Gasteiger partial charge is 0.548 e. The van der Waals surface area contributed by atoms with Gasteiger partial charge in [-0.2, -0.15) is 5.26 Å². The van der Waals surface area contributed by atoms with Gasteiger partial charge in [0.2, 0.25) is 0 Å². The maximum absolute atomic E-state index is 11.4. The van der Waals surface area contributed by atoms with Crippen LogP contribution in [0.4, 0.5) is 0 Å². The third-order valence-corrected chi connectivity index (χ3v) is 13.4. The zero-order chi connectivity index (χ0) is 20.5. The number of carboxylic acid groups (broad SMARTS) is 1. The fourth-order valence-electron chi connectivity index (χ4n) is 2.64. The number of rotatable bonds is 12. The fourth-order valence-corrected chi connectivity index (χ4v) is 12.1. The van der Waals surface area contributed by atoms with Crippen molar-refractivity contribution >= 4 is 31.5 Å². The molecular formula is C22H33NO3Sn. The van der Waals surface area contributed by atoms with Crippen molar-refractivity contribution in [1.82, 2.24) is 0 Å². The molecule has 0 spiro atoms. The Hall–Kier alpha value is -1.35. The molecule has 1 aromatic rings. The number of unbranched alkanes of at least 4 members (excludes halogenated alkanes) is 3. The Balaban J connectivity index is 0.000000503. The summed E-state index contributed by atoms with van der Waals surface area (Å²) in [6, 6.07) is 9.18. The van der Waals surface area contributed by atoms with Crippen molar-refractivity contribution < 1.29 is 14.7 Å². The molecule has 1 unspecified atom stereocenters. The molecule has 148 valence electrons. The van der Waals surface area contributed by atoms with E-state index in [2.05, 4.69) is 20.8 Å². The van der Waals surface area contributed by atoms with Crippen molar-refractivity contribution in [3.05, 3.63) is 35.9 Å². The van der Waals surface area contributed by atoms with Gasteiger partial charge < -0.3 is 9.90 Å². The molecule has 1 rings (SSSR count). The number of hydrogen-bond donors (Lipinski definition) is 0. The maximum atomic E-state index is 11.4. The van der Waals surface area contributed by atoms with Crippen LogP contribution < -0.4 is 5.11 Å². The molecule has 1 atom stereocenters. The first-order valence-corrected chi connectivity index (χ1v) is 16.1. The van der Waals surface area contributed by atoms with Gasteiger partial charge in [0.1, 0.15) is 5.92 Å². The predicted molar refractivity (Wildman–Crippen MR) is 110 cm³/mol. The standard InChI is InChI=1S/C10H7NO3.3C4H9.Sn/c11-6-8(10(13)14)9(12)7-4-2-1-3-5-7;3*1-3-4-2;/h1-5,8H,(H,13,14);3*1,3-4H2,2H3;/q;;;;+1/p-1. The smallest absolute Gasteiger partial charge is 0.185 e. The van der Waals surface area contributed by atoms with Crippen molar-refractivity contribution in [2.75, 3.05) is 0 Å². The summed E-state index contributed by atoms with van der Waals surface area (Å²) in [6.45, 7) is 7.00. The fraction of sp³-hybridized carbons (Fsp3) is 0.591. The van der Waals surface area contributed by atoms with Gasteiger partial charge in [0.25, 0.3) is 0 Å². The second-order valence-corrected chi connectivity index (χ2v) is 15.2. The van der Waals surface area contributed by atoms with E-state index in [0.717, 1.165) is 0 Å². The summed E-state index contributed by atoms with van der Waals surface area (Å²) in [5, 5.41) is 18.8. The minimum absolute atomic E-state index is 0.197. The summed E-state index contributed by atoms with van der Waals surface area (Å²) < 4.78 is 5.04. The number of carbonyl (C=O) groups is 2. The topological polar surface area (TPSA) is 81.0 Å². The van der Waals surface area contributed by atoms with Crippen LogP contribution in [-0.2, 0) is 4.79 Å². The van der Waals surface area contributed by atoms with Gasteiger partial charge in [-0.25, -0.2) is 0 Å². The first-order valence-electron chi connectivity index (χ1n) is 10.0. The van der Waals surface area contributed by atoms with E-state index >= 15 is 0 Å². The molecule has 4 nitrogen and oxygen atoms in total. The SMILES string of the molecule is CCC[CH2][Sn+]([CH2]CCC)[CH2]CCC.N#CC(C(=O)[O-])C(=O)c1ccccc1. The number of aliphatic carboxylic acids is 1. The molecule has 0 saturated heterocycles. The summed E-state index contributed by atoms with van der Waals surface area (Å²) in [6.07, 6.45) is 8.85. The van der Waals surface area contributed by atoms with Gasteiger partial charge in [0, 0.05) is 5.56 Å². The monoisotopic (exact) mass is 479 g/mol. The molecule has 5 heteroatoms. The predicted octanol–water partition coefficient (Wildman–Crippen LogP) is 4.64. The Morgan fingerprint density at radius 3 is 1.74 bits per heavy atom. The molecule has 0 radical (unpaired) electrons. The van der Waals surface area contributed by atoms with Crippen LogP contribution in [-0.4, -0.2) is 31.5 Å². The van der Waals surface area contributed by atoms with Gasteiger partial charge in [-0.15, -0.1) is 0 Å². The zero-order valence-corrected chi connectivity index (χ0v) is 19.9. The zero-order valence-electron chi connectivity index (χ0n) is 17.0. The molecule has 0 fully saturated rings. The van der Waals surface area contributed by atoms with Crippen LogP contribution in [0.5, 0.6) is 0 Å². The number of carboxylic acids is 1. The molecule has 1 aromatic carbocycles. The van der Waals surface area contributed by atoms with Gasteiger partial charge in [0.15, 0.2) is 5.78 Å². The van der Waals surface area contributed by atoms with Gasteiger partial charge in [-0.3, -0.25) is 4.79 Å². The van der Waals surface area contributed by atoms with Crippen LogP contribution in [0.2, 0.25) is 13.3 Å². The van der Waals surface area contributed by atoms with E-state index in [1.807, 2.05) is 0 Å². The summed E-state index contributed by atoms with van der Waals surface area (Å²) in [5.74, 6) is -4.13. The van der Waals surface area contributed by atoms with Gasteiger partial charge in [0.05, 0.1) is 12.0 Å². The van der Waals surface area contributed by atoms with Gasteiger partial charge >= 0.3 is 92.4 Å². The van der Waals surface area contributed by atoms with E-state index in [1.54, 1.807) is 31.5 Å². The molecule has 27 heavy (non-hydrogen) atoms. The summed E-state index contributed by atoms with van der Waals surface area (Å²) in [5.41, 5.74) is 0.197. The number of Topliss-reactive ketones (excluding diaryl/α,β-unsaturated/α-hetero) is 1. The van der Waals surface area contributed by atoms with Crippen molar-refractivity contribution in [3.63, 3.8) is 0 Å². The quantitative estimate of drug-likeness (QED) is 0.249. The van der Waals surface area contributed by atoms with Crippen molar-refractivity contribution in [2.45, 2.75) is 72.6 Å². The third-order valence-electron chi connectivity index (χ3n) is 4.34. The summed E-state index contributed by atoms with van der Waals surface area (Å²) in [4.78, 5) is 21.8. The number of nitrogens with zero attached hydrogens (tertiary/aromatic N) is 1. The Morgan fingerprint density at radius 2 is 1.41 bits per heavy atom. The molecule has 0 aliphatic rings. The van der Waals surface area contributed by atoms with E-state index in [4.69, 9.17) is 5.26 Å². The number of hydrogen-bond acceptors (Lipinski definition) is 4. The van der Waals surface area contributed by atoms with Crippen LogP contribution in [0, 0.1) is 17.2 Å². The number of ketones is 1. The van der Waals surface area contributed by atoms with Crippen LogP contribution >= 0.6 is 0 Å². The summed E-state index contributed by atoms with van der Waals surface area (Å²) in [7, 11) is 0. The molecule has 0 aromatic heterocycles. The summed E-state index contributed by atoms with van der Waals surface area (Å²) >= 11 is -0.839. The number of nitriles is 1. The Bertz CT molecular complexity index is 550. The number of benzene rings is 1. The average Bonchev–Trinajstić information content (AvgIpc) is 2.68. The van der Waals surface area contributed by atoms with E-state index in [-0.39, 0.29) is 5.56 Å². The molecule has 0 N–H and O–H groups in total. The van der Waals surface area contributed by atoms with E-state index in [1.165, 1.54) is 56.7 Å². The molecular weight excluding hydrogens is 445 g/mol. The molecule has 0 saturated carbocycles. The van der Waals surface area contributed by atoms with E-state index < -0.39 is 37.4 Å². The maximum Gasteiger partial charge on any atom is 0.185 e. The van der Waals surface area contributed by atoms with E-state index in [9.17, 15) is 14.7 Å². The first kappa shape index (κ1) is 25.6. The van der Waals surface area contributed by atoms with Crippen molar-refractivity contribution in [1.29, 1.82) is 5.26 Å². The van der Waals surface area contributed by atoms with Crippen molar-refractivity contribution in [3.8, 4) is 6.07 Å². The minimum atomic E-state index is -1.72. The Labute approximate surface area is 171 Å². The third kappa shape index (κ3) is 11.9. The van der Waals surface area contributed by atoms with Crippen LogP contribution in [0.3, 0.4) is 0 Å². The van der Waals surface area contributed by atoms with Gasteiger partial charge in [-0.1, -0.05) is 30.3 Å². The second kappa shape index (κ2) is 16.8. The molecule has 0 bridgehead atoms. The first-order chi connectivity index (χ1) is 13.0. The van der Waals surface area contributed by atoms with Crippen LogP contribution in [0.15, 0.2) is 30.3 Å². The molecule has 0 aliphatic heterocycles. The minimum Gasteiger partial charge on any atom is -0.548 e. The van der Waals surface area contributed by atoms with Crippen molar-refractivity contribution in [2.24, 2.45) is 5.92 Å². The molecule has 0 amide bonds. The average molecular weight is 478 g/mol. The van der Waals surface area contributed by atoms with Gasteiger partial charge in [-0.05, 0) is 0 Å². The number of carbonyl (C=O) groups excluding carboxylic acids is 2. The molecule has 0 aliphatic carbocycles. The van der Waals surface area contributed by atoms with E-state index in [0.29, 0.717) is 0 Å². The van der Waals surface area contributed by atoms with Crippen LogP contribution in [0.1, 0.15) is 69.7 Å². The normalized spacial score (nSPS) is 10.9. The Kier molecular flexibility index (Phi) is 16.0. The Morgan fingerprint density at radius 1 is 0.963 bits per heavy atom.